The second-order valence-electron chi connectivity index (χ2n) is 10.1. The van der Waals surface area contributed by atoms with E-state index in [2.05, 4.69) is 48.2 Å². The zero-order valence-electron chi connectivity index (χ0n) is 22.1. The van der Waals surface area contributed by atoms with Crippen molar-refractivity contribution >= 4 is 57.4 Å². The predicted molar refractivity (Wildman–Crippen MR) is 164 cm³/mol. The van der Waals surface area contributed by atoms with Crippen LogP contribution in [0.25, 0.3) is 11.3 Å². The van der Waals surface area contributed by atoms with Gasteiger partial charge in [-0.05, 0) is 49.4 Å². The van der Waals surface area contributed by atoms with Gasteiger partial charge in [0.2, 0.25) is 5.95 Å². The van der Waals surface area contributed by atoms with Gasteiger partial charge in [0.25, 0.3) is 5.91 Å². The lowest BCUT2D eigenvalue weighted by atomic mass is 9.95. The van der Waals surface area contributed by atoms with E-state index in [1.54, 1.807) is 35.4 Å². The van der Waals surface area contributed by atoms with Crippen molar-refractivity contribution in [2.24, 2.45) is 4.99 Å². The normalized spacial score (nSPS) is 18.0. The molecule has 12 heteroatoms. The van der Waals surface area contributed by atoms with Gasteiger partial charge in [0, 0.05) is 52.7 Å². The third kappa shape index (κ3) is 5.60. The van der Waals surface area contributed by atoms with Crippen molar-refractivity contribution in [2.45, 2.75) is 23.6 Å². The predicted octanol–water partition coefficient (Wildman–Crippen LogP) is 6.50. The summed E-state index contributed by atoms with van der Waals surface area (Å²) in [7, 11) is 0. The number of amides is 1. The van der Waals surface area contributed by atoms with Gasteiger partial charge >= 0.3 is 0 Å². The number of carbonyl (C=O) groups is 1. The summed E-state index contributed by atoms with van der Waals surface area (Å²) < 4.78 is 44.8. The number of benzene rings is 3. The number of aliphatic imine (C=N–C) groups is 1. The molecule has 2 unspecified atom stereocenters. The van der Waals surface area contributed by atoms with Crippen molar-refractivity contribution in [1.82, 2.24) is 20.2 Å². The first-order valence-corrected chi connectivity index (χ1v) is 14.7. The number of anilines is 2. The molecule has 0 spiro atoms. The minimum atomic E-state index is -0.747. The number of piperazine rings is 1. The van der Waals surface area contributed by atoms with Gasteiger partial charge in [-0.1, -0.05) is 46.3 Å². The third-order valence-corrected chi connectivity index (χ3v) is 8.04. The van der Waals surface area contributed by atoms with Gasteiger partial charge in [-0.15, -0.1) is 0 Å². The highest BCUT2D eigenvalue weighted by Gasteiger charge is 2.28. The zero-order chi connectivity index (χ0) is 29.5. The van der Waals surface area contributed by atoms with Crippen LogP contribution in [-0.4, -0.2) is 49.7 Å². The Hall–Kier alpha value is -3.55. The van der Waals surface area contributed by atoms with E-state index in [1.165, 1.54) is 30.3 Å². The molecule has 1 saturated heterocycles. The number of hydrogen-bond acceptors (Lipinski definition) is 6. The van der Waals surface area contributed by atoms with E-state index in [1.807, 2.05) is 6.92 Å². The first-order valence-electron chi connectivity index (χ1n) is 13.1. The fourth-order valence-electron chi connectivity index (χ4n) is 5.17. The summed E-state index contributed by atoms with van der Waals surface area (Å²) in [5.74, 6) is -2.36. The number of hydrogen-bond donors (Lipinski definition) is 2. The van der Waals surface area contributed by atoms with Crippen molar-refractivity contribution in [3.8, 4) is 11.3 Å². The molecular weight excluding hydrogens is 680 g/mol. The Kier molecular flexibility index (Phi) is 7.90. The van der Waals surface area contributed by atoms with Gasteiger partial charge in [0.1, 0.15) is 17.5 Å². The van der Waals surface area contributed by atoms with Crippen molar-refractivity contribution in [1.29, 1.82) is 0 Å². The summed E-state index contributed by atoms with van der Waals surface area (Å²) in [6.07, 6.45) is 1.56. The standard InChI is InChI=1S/C30H23ClF3IN6O/c1-15-13-41(14-25(35)38-15)29(42)20-8-6-18(10-24(20)34)39-30-37-12-16-11-36-28(26-22(32)3-2-4-23(26)33)21-9-17(31)5-7-19(21)27(16)40-30/h2-10,12,15,25,38H,11,13-14H2,1H3,(H,37,39,40). The SMILES string of the molecule is CC1CN(C(=O)c2ccc(Nc3ncc4c(n3)-c3ccc(Cl)cc3C(c3c(F)cccc3F)=NC4)cc2F)CC(I)N1. The van der Waals surface area contributed by atoms with E-state index in [4.69, 9.17) is 11.6 Å². The Bertz CT molecular complexity index is 1720. The van der Waals surface area contributed by atoms with Crippen LogP contribution in [0.5, 0.6) is 0 Å². The summed E-state index contributed by atoms with van der Waals surface area (Å²) in [6, 6.07) is 13.0. The Morgan fingerprint density at radius 1 is 1.05 bits per heavy atom. The number of nitrogens with zero attached hydrogens (tertiary/aromatic N) is 4. The van der Waals surface area contributed by atoms with Gasteiger partial charge < -0.3 is 10.2 Å². The maximum Gasteiger partial charge on any atom is 0.256 e. The summed E-state index contributed by atoms with van der Waals surface area (Å²) in [4.78, 5) is 28.2. The van der Waals surface area contributed by atoms with Crippen molar-refractivity contribution in [2.75, 3.05) is 18.4 Å². The second kappa shape index (κ2) is 11.6. The van der Waals surface area contributed by atoms with Crippen LogP contribution in [0, 0.1) is 17.5 Å². The number of nitrogens with one attached hydrogen (secondary N) is 2. The number of halogens is 5. The maximum absolute atomic E-state index is 15.1. The van der Waals surface area contributed by atoms with Crippen molar-refractivity contribution in [3.63, 3.8) is 0 Å². The molecule has 1 aromatic heterocycles. The van der Waals surface area contributed by atoms with Crippen LogP contribution in [0.15, 0.2) is 65.8 Å². The molecule has 0 aliphatic carbocycles. The van der Waals surface area contributed by atoms with Crippen LogP contribution in [0.4, 0.5) is 24.8 Å². The van der Waals surface area contributed by atoms with Crippen LogP contribution >= 0.6 is 34.2 Å². The molecule has 2 atom stereocenters. The van der Waals surface area contributed by atoms with Gasteiger partial charge in [0.15, 0.2) is 0 Å². The van der Waals surface area contributed by atoms with E-state index in [-0.39, 0.29) is 45.3 Å². The molecular formula is C30H23ClF3IN6O. The van der Waals surface area contributed by atoms with Crippen LogP contribution in [-0.2, 0) is 6.54 Å². The van der Waals surface area contributed by atoms with Crippen LogP contribution < -0.4 is 10.6 Å². The number of rotatable bonds is 4. The molecule has 1 fully saturated rings. The molecule has 2 aliphatic heterocycles. The van der Waals surface area contributed by atoms with Gasteiger partial charge in [-0.2, -0.15) is 0 Å². The molecule has 1 amide bonds. The molecule has 214 valence electrons. The third-order valence-electron chi connectivity index (χ3n) is 7.05. The smallest absolute Gasteiger partial charge is 0.256 e. The highest BCUT2D eigenvalue weighted by atomic mass is 127. The van der Waals surface area contributed by atoms with E-state index in [0.29, 0.717) is 46.2 Å². The molecule has 3 aromatic carbocycles. The number of fused-ring (bicyclic) bond motifs is 3. The molecule has 0 radical (unpaired) electrons. The van der Waals surface area contributed by atoms with Gasteiger partial charge in [-0.3, -0.25) is 15.1 Å². The molecule has 0 saturated carbocycles. The molecule has 3 heterocycles. The van der Waals surface area contributed by atoms with Crippen molar-refractivity contribution in [3.05, 3.63) is 106 Å². The minimum absolute atomic E-state index is 0.0167. The molecule has 42 heavy (non-hydrogen) atoms. The topological polar surface area (TPSA) is 82.5 Å². The number of carbonyl (C=O) groups excluding carboxylic acids is 1. The summed E-state index contributed by atoms with van der Waals surface area (Å²) >= 11 is 8.51. The first-order chi connectivity index (χ1) is 20.2. The highest BCUT2D eigenvalue weighted by Crippen LogP contribution is 2.35. The molecule has 4 aromatic rings. The Balaban J connectivity index is 1.31. The summed E-state index contributed by atoms with van der Waals surface area (Å²) in [5.41, 5.74) is 2.28. The Morgan fingerprint density at radius 3 is 2.57 bits per heavy atom. The fourth-order valence-corrected chi connectivity index (χ4v) is 6.43. The zero-order valence-corrected chi connectivity index (χ0v) is 25.0. The molecule has 2 aliphatic rings. The lowest BCUT2D eigenvalue weighted by molar-refractivity contribution is 0.0698. The van der Waals surface area contributed by atoms with Crippen molar-refractivity contribution < 1.29 is 18.0 Å². The molecule has 7 nitrogen and oxygen atoms in total. The average Bonchev–Trinajstić information content (AvgIpc) is 3.09. The Labute approximate surface area is 258 Å². The summed E-state index contributed by atoms with van der Waals surface area (Å²) in [5, 5.41) is 6.71. The van der Waals surface area contributed by atoms with Gasteiger partial charge in [-0.25, -0.2) is 23.1 Å². The van der Waals surface area contributed by atoms with Crippen LogP contribution in [0.3, 0.4) is 0 Å². The summed E-state index contributed by atoms with van der Waals surface area (Å²) in [6.45, 7) is 3.02. The van der Waals surface area contributed by atoms with Gasteiger partial charge in [0.05, 0.1) is 33.1 Å². The van der Waals surface area contributed by atoms with E-state index >= 15 is 4.39 Å². The fraction of sp³-hybridized carbons (Fsp3) is 0.200. The van der Waals surface area contributed by atoms with E-state index in [0.717, 1.165) is 0 Å². The molecule has 6 rings (SSSR count). The van der Waals surface area contributed by atoms with E-state index < -0.39 is 17.5 Å². The lowest BCUT2D eigenvalue weighted by Gasteiger charge is -2.35. The Morgan fingerprint density at radius 2 is 1.83 bits per heavy atom. The lowest BCUT2D eigenvalue weighted by Crippen LogP contribution is -2.54. The maximum atomic E-state index is 15.1. The molecule has 2 N–H and O–H groups in total. The van der Waals surface area contributed by atoms with Crippen LogP contribution in [0.1, 0.15) is 34.0 Å². The second-order valence-corrected chi connectivity index (χ2v) is 12.0. The quantitative estimate of drug-likeness (QED) is 0.144. The highest BCUT2D eigenvalue weighted by molar-refractivity contribution is 14.1. The largest absolute Gasteiger partial charge is 0.335 e. The number of alkyl halides is 1. The van der Waals surface area contributed by atoms with Crippen LogP contribution in [0.2, 0.25) is 5.02 Å². The molecule has 0 bridgehead atoms. The van der Waals surface area contributed by atoms with E-state index in [9.17, 15) is 13.6 Å². The average molecular weight is 703 g/mol. The number of aromatic nitrogens is 2. The minimum Gasteiger partial charge on any atom is -0.335 e. The first kappa shape index (κ1) is 28.6. The monoisotopic (exact) mass is 702 g/mol.